The molecule has 1 aliphatic rings. The summed E-state index contributed by atoms with van der Waals surface area (Å²) < 4.78 is 0. The van der Waals surface area contributed by atoms with E-state index in [1.807, 2.05) is 0 Å². The van der Waals surface area contributed by atoms with Crippen molar-refractivity contribution in [3.63, 3.8) is 0 Å². The predicted octanol–water partition coefficient (Wildman–Crippen LogP) is 2.16. The van der Waals surface area contributed by atoms with Crippen molar-refractivity contribution in [2.24, 2.45) is 5.92 Å². The summed E-state index contributed by atoms with van der Waals surface area (Å²) >= 11 is 0. The van der Waals surface area contributed by atoms with Gasteiger partial charge in [-0.25, -0.2) is 0 Å². The molecule has 1 aromatic rings. The van der Waals surface area contributed by atoms with E-state index in [-0.39, 0.29) is 6.10 Å². The van der Waals surface area contributed by atoms with Crippen molar-refractivity contribution in [2.75, 3.05) is 6.54 Å². The van der Waals surface area contributed by atoms with Crippen LogP contribution in [-0.4, -0.2) is 17.8 Å². The number of aliphatic hydroxyl groups excluding tert-OH is 1. The maximum absolute atomic E-state index is 9.17. The molecular weight excluding hydrogens is 198 g/mol. The lowest BCUT2D eigenvalue weighted by molar-refractivity contribution is 0.0430. The number of aryl methyl sites for hydroxylation is 2. The van der Waals surface area contributed by atoms with Crippen LogP contribution in [0.25, 0.3) is 0 Å². The fourth-order valence-electron chi connectivity index (χ4n) is 2.20. The highest BCUT2D eigenvalue weighted by Crippen LogP contribution is 2.26. The van der Waals surface area contributed by atoms with Crippen molar-refractivity contribution in [2.45, 2.75) is 39.3 Å². The molecule has 0 aromatic heterocycles. The summed E-state index contributed by atoms with van der Waals surface area (Å²) in [6.07, 6.45) is 1.91. The monoisotopic (exact) mass is 219 g/mol. The minimum absolute atomic E-state index is 0.0339. The van der Waals surface area contributed by atoms with Gasteiger partial charge in [-0.15, -0.1) is 0 Å². The van der Waals surface area contributed by atoms with E-state index >= 15 is 0 Å². The zero-order chi connectivity index (χ0) is 11.5. The number of hydrogen-bond donors (Lipinski definition) is 2. The van der Waals surface area contributed by atoms with E-state index in [1.54, 1.807) is 0 Å². The highest BCUT2D eigenvalue weighted by molar-refractivity contribution is 5.29. The molecule has 2 rings (SSSR count). The number of hydrogen-bond acceptors (Lipinski definition) is 2. The smallest absolute Gasteiger partial charge is 0.0546 e. The minimum atomic E-state index is -0.0339. The first-order valence-electron chi connectivity index (χ1n) is 6.10. The second kappa shape index (κ2) is 4.98. The van der Waals surface area contributed by atoms with E-state index in [1.165, 1.54) is 16.7 Å². The zero-order valence-electron chi connectivity index (χ0n) is 10.2. The lowest BCUT2D eigenvalue weighted by Gasteiger charge is -2.31. The van der Waals surface area contributed by atoms with E-state index < -0.39 is 0 Å². The first-order valence-corrected chi connectivity index (χ1v) is 6.10. The van der Waals surface area contributed by atoms with Crippen LogP contribution in [0.1, 0.15) is 29.5 Å². The quantitative estimate of drug-likeness (QED) is 0.813. The normalized spacial score (nSPS) is 24.2. The fraction of sp³-hybridized carbons (Fsp3) is 0.571. The Balaban J connectivity index is 1.74. The van der Waals surface area contributed by atoms with Crippen molar-refractivity contribution < 1.29 is 5.11 Å². The van der Waals surface area contributed by atoms with Gasteiger partial charge in [0, 0.05) is 6.54 Å². The van der Waals surface area contributed by atoms with Crippen LogP contribution in [0, 0.1) is 19.8 Å². The molecule has 0 radical (unpaired) electrons. The van der Waals surface area contributed by atoms with Crippen LogP contribution in [-0.2, 0) is 6.54 Å². The highest BCUT2D eigenvalue weighted by Gasteiger charge is 2.26. The zero-order valence-corrected chi connectivity index (χ0v) is 10.2. The molecule has 88 valence electrons. The van der Waals surface area contributed by atoms with Crippen LogP contribution in [0.2, 0.25) is 0 Å². The molecule has 0 bridgehead atoms. The standard InChI is InChI=1S/C14H21NO/c1-10-3-4-12(5-11(10)2)8-15-9-13-6-14(16)7-13/h3-5,13-16H,6-9H2,1-2H3. The molecule has 0 spiro atoms. The summed E-state index contributed by atoms with van der Waals surface area (Å²) in [4.78, 5) is 0. The van der Waals surface area contributed by atoms with Gasteiger partial charge in [-0.05, 0) is 55.8 Å². The predicted molar refractivity (Wildman–Crippen MR) is 66.4 cm³/mol. The molecule has 0 aliphatic heterocycles. The molecule has 2 nitrogen and oxygen atoms in total. The third-order valence-electron chi connectivity index (χ3n) is 3.54. The molecule has 2 N–H and O–H groups in total. The molecule has 0 atom stereocenters. The van der Waals surface area contributed by atoms with Gasteiger partial charge in [-0.2, -0.15) is 0 Å². The minimum Gasteiger partial charge on any atom is -0.393 e. The maximum Gasteiger partial charge on any atom is 0.0546 e. The second-order valence-corrected chi connectivity index (χ2v) is 5.04. The largest absolute Gasteiger partial charge is 0.393 e. The van der Waals surface area contributed by atoms with Gasteiger partial charge in [0.15, 0.2) is 0 Å². The van der Waals surface area contributed by atoms with Crippen molar-refractivity contribution >= 4 is 0 Å². The average Bonchev–Trinajstić information content (AvgIpc) is 2.21. The van der Waals surface area contributed by atoms with Crippen molar-refractivity contribution in [3.05, 3.63) is 34.9 Å². The number of benzene rings is 1. The van der Waals surface area contributed by atoms with E-state index in [4.69, 9.17) is 0 Å². The lowest BCUT2D eigenvalue weighted by Crippen LogP contribution is -2.35. The molecule has 1 saturated carbocycles. The topological polar surface area (TPSA) is 32.3 Å². The Morgan fingerprint density at radius 3 is 2.62 bits per heavy atom. The van der Waals surface area contributed by atoms with E-state index in [0.29, 0.717) is 5.92 Å². The van der Waals surface area contributed by atoms with E-state index in [2.05, 4.69) is 37.4 Å². The Morgan fingerprint density at radius 2 is 2.00 bits per heavy atom. The Morgan fingerprint density at radius 1 is 1.25 bits per heavy atom. The summed E-state index contributed by atoms with van der Waals surface area (Å²) in [6, 6.07) is 6.61. The molecule has 0 saturated heterocycles. The Labute approximate surface area is 97.7 Å². The summed E-state index contributed by atoms with van der Waals surface area (Å²) in [7, 11) is 0. The van der Waals surface area contributed by atoms with E-state index in [0.717, 1.165) is 25.9 Å². The summed E-state index contributed by atoms with van der Waals surface area (Å²) in [5.74, 6) is 0.682. The van der Waals surface area contributed by atoms with Crippen LogP contribution in [0.4, 0.5) is 0 Å². The third kappa shape index (κ3) is 2.83. The van der Waals surface area contributed by atoms with Crippen LogP contribution in [0.5, 0.6) is 0 Å². The molecule has 1 aromatic carbocycles. The molecular formula is C14H21NO. The summed E-state index contributed by atoms with van der Waals surface area (Å²) in [5.41, 5.74) is 4.06. The van der Waals surface area contributed by atoms with Gasteiger partial charge in [0.05, 0.1) is 6.10 Å². The third-order valence-corrected chi connectivity index (χ3v) is 3.54. The molecule has 1 fully saturated rings. The van der Waals surface area contributed by atoms with Gasteiger partial charge in [0.1, 0.15) is 0 Å². The van der Waals surface area contributed by atoms with Gasteiger partial charge in [-0.1, -0.05) is 18.2 Å². The van der Waals surface area contributed by atoms with Gasteiger partial charge >= 0.3 is 0 Å². The van der Waals surface area contributed by atoms with Crippen LogP contribution < -0.4 is 5.32 Å². The number of rotatable bonds is 4. The van der Waals surface area contributed by atoms with Gasteiger partial charge in [0.2, 0.25) is 0 Å². The lowest BCUT2D eigenvalue weighted by atomic mass is 9.82. The van der Waals surface area contributed by atoms with Gasteiger partial charge in [0.25, 0.3) is 0 Å². The van der Waals surface area contributed by atoms with Crippen molar-refractivity contribution in [3.8, 4) is 0 Å². The van der Waals surface area contributed by atoms with Crippen LogP contribution in [0.15, 0.2) is 18.2 Å². The Bertz CT molecular complexity index is 356. The molecule has 0 amide bonds. The number of nitrogens with one attached hydrogen (secondary N) is 1. The summed E-state index contributed by atoms with van der Waals surface area (Å²) in [6.45, 7) is 6.26. The highest BCUT2D eigenvalue weighted by atomic mass is 16.3. The Hall–Kier alpha value is -0.860. The first-order chi connectivity index (χ1) is 7.65. The van der Waals surface area contributed by atoms with Gasteiger partial charge < -0.3 is 10.4 Å². The Kier molecular flexibility index (Phi) is 3.62. The molecule has 1 aliphatic carbocycles. The number of aliphatic hydroxyl groups is 1. The first kappa shape index (κ1) is 11.6. The molecule has 0 heterocycles. The van der Waals surface area contributed by atoms with Gasteiger partial charge in [-0.3, -0.25) is 0 Å². The van der Waals surface area contributed by atoms with Crippen molar-refractivity contribution in [1.29, 1.82) is 0 Å². The second-order valence-electron chi connectivity index (χ2n) is 5.04. The fourth-order valence-corrected chi connectivity index (χ4v) is 2.20. The van der Waals surface area contributed by atoms with Crippen molar-refractivity contribution in [1.82, 2.24) is 5.32 Å². The van der Waals surface area contributed by atoms with Crippen LogP contribution >= 0.6 is 0 Å². The maximum atomic E-state index is 9.17. The van der Waals surface area contributed by atoms with E-state index in [9.17, 15) is 5.11 Å². The molecule has 2 heteroatoms. The average molecular weight is 219 g/mol. The van der Waals surface area contributed by atoms with Crippen LogP contribution in [0.3, 0.4) is 0 Å². The summed E-state index contributed by atoms with van der Waals surface area (Å²) in [5, 5.41) is 12.6. The SMILES string of the molecule is Cc1ccc(CNCC2CC(O)C2)cc1C. The molecule has 16 heavy (non-hydrogen) atoms. The molecule has 0 unspecified atom stereocenters.